The number of hydrogen-bond acceptors (Lipinski definition) is 5. The van der Waals surface area contributed by atoms with Crippen molar-refractivity contribution in [1.29, 1.82) is 0 Å². The number of anilines is 1. The zero-order valence-corrected chi connectivity index (χ0v) is 10.8. The highest BCUT2D eigenvalue weighted by atomic mass is 16.5. The third-order valence-corrected chi connectivity index (χ3v) is 2.58. The van der Waals surface area contributed by atoms with Gasteiger partial charge in [-0.3, -0.25) is 0 Å². The van der Waals surface area contributed by atoms with Gasteiger partial charge in [0.05, 0.1) is 0 Å². The molecule has 0 aliphatic heterocycles. The number of benzene rings is 1. The van der Waals surface area contributed by atoms with Gasteiger partial charge in [-0.15, -0.1) is 0 Å². The van der Waals surface area contributed by atoms with Crippen LogP contribution in [0.15, 0.2) is 40.8 Å². The summed E-state index contributed by atoms with van der Waals surface area (Å²) in [6, 6.07) is 10.4. The smallest absolute Gasteiger partial charge is 0.371 e. The van der Waals surface area contributed by atoms with Crippen molar-refractivity contribution in [2.45, 2.75) is 6.61 Å². The molecule has 2 aromatic rings. The summed E-state index contributed by atoms with van der Waals surface area (Å²) < 4.78 is 10.6. The molecule has 0 saturated heterocycles. The predicted molar refractivity (Wildman–Crippen MR) is 74.0 cm³/mol. The lowest BCUT2D eigenvalue weighted by atomic mass is 10.3. The number of ether oxygens (including phenoxy) is 1. The molecule has 0 unspecified atom stereocenters. The van der Waals surface area contributed by atoms with Crippen LogP contribution in [0, 0.1) is 0 Å². The first kappa shape index (κ1) is 14.0. The molecule has 0 radical (unpaired) electrons. The molecule has 6 heteroatoms. The molecule has 0 atom stereocenters. The monoisotopic (exact) mass is 276 g/mol. The number of hydrogen-bond donors (Lipinski definition) is 3. The maximum absolute atomic E-state index is 10.7. The van der Waals surface area contributed by atoms with Crippen LogP contribution in [0.5, 0.6) is 5.75 Å². The Kier molecular flexibility index (Phi) is 4.62. The maximum atomic E-state index is 10.7. The third kappa shape index (κ3) is 3.76. The molecule has 0 saturated carbocycles. The molecular formula is C14H16N2O4. The minimum Gasteiger partial charge on any atom is -0.486 e. The van der Waals surface area contributed by atoms with Crippen LogP contribution in [0.4, 0.5) is 5.69 Å². The van der Waals surface area contributed by atoms with Crippen molar-refractivity contribution in [1.82, 2.24) is 0 Å². The van der Waals surface area contributed by atoms with E-state index in [0.717, 1.165) is 5.69 Å². The highest BCUT2D eigenvalue weighted by molar-refractivity contribution is 5.84. The van der Waals surface area contributed by atoms with Crippen LogP contribution in [0.3, 0.4) is 0 Å². The van der Waals surface area contributed by atoms with E-state index in [0.29, 0.717) is 24.6 Å². The molecule has 6 nitrogen and oxygen atoms in total. The van der Waals surface area contributed by atoms with Crippen LogP contribution >= 0.6 is 0 Å². The second-order valence-electron chi connectivity index (χ2n) is 4.10. The van der Waals surface area contributed by atoms with Gasteiger partial charge in [0.1, 0.15) is 18.1 Å². The fraction of sp³-hybridized carbons (Fsp3) is 0.214. The van der Waals surface area contributed by atoms with Gasteiger partial charge in [0, 0.05) is 18.8 Å². The van der Waals surface area contributed by atoms with Crippen molar-refractivity contribution in [2.75, 3.05) is 18.4 Å². The molecule has 20 heavy (non-hydrogen) atoms. The minimum absolute atomic E-state index is 0.0927. The standard InChI is InChI=1S/C14H16N2O4/c15-7-8-16-10-1-3-11(4-2-10)19-9-12-5-6-13(20-12)14(17)18/h1-6,16H,7-9,15H2,(H,17,18). The summed E-state index contributed by atoms with van der Waals surface area (Å²) in [5.74, 6) is -0.0409. The number of carbonyl (C=O) groups is 1. The second-order valence-corrected chi connectivity index (χ2v) is 4.10. The largest absolute Gasteiger partial charge is 0.486 e. The van der Waals surface area contributed by atoms with Gasteiger partial charge in [0.2, 0.25) is 5.76 Å². The molecule has 0 aliphatic carbocycles. The minimum atomic E-state index is -1.09. The first-order valence-corrected chi connectivity index (χ1v) is 6.18. The number of furan rings is 1. The molecule has 0 amide bonds. The van der Waals surface area contributed by atoms with Crippen molar-refractivity contribution in [3.63, 3.8) is 0 Å². The van der Waals surface area contributed by atoms with Gasteiger partial charge in [-0.25, -0.2) is 4.79 Å². The van der Waals surface area contributed by atoms with E-state index in [-0.39, 0.29) is 12.4 Å². The fourth-order valence-corrected chi connectivity index (χ4v) is 1.61. The number of rotatable bonds is 7. The van der Waals surface area contributed by atoms with Crippen molar-refractivity contribution in [2.24, 2.45) is 5.73 Å². The summed E-state index contributed by atoms with van der Waals surface area (Å²) in [6.45, 7) is 1.47. The predicted octanol–water partition coefficient (Wildman–Crippen LogP) is 1.93. The lowest BCUT2D eigenvalue weighted by molar-refractivity contribution is 0.0658. The van der Waals surface area contributed by atoms with Gasteiger partial charge in [-0.2, -0.15) is 0 Å². The van der Waals surface area contributed by atoms with Gasteiger partial charge < -0.3 is 25.3 Å². The highest BCUT2D eigenvalue weighted by Crippen LogP contribution is 2.17. The quantitative estimate of drug-likeness (QED) is 0.714. The summed E-state index contributed by atoms with van der Waals surface area (Å²) >= 11 is 0. The van der Waals surface area contributed by atoms with E-state index in [1.807, 2.05) is 24.3 Å². The Morgan fingerprint density at radius 2 is 2.00 bits per heavy atom. The van der Waals surface area contributed by atoms with Crippen molar-refractivity contribution < 1.29 is 19.1 Å². The zero-order chi connectivity index (χ0) is 14.4. The summed E-state index contributed by atoms with van der Waals surface area (Å²) in [7, 11) is 0. The maximum Gasteiger partial charge on any atom is 0.371 e. The van der Waals surface area contributed by atoms with Gasteiger partial charge in [0.15, 0.2) is 0 Å². The molecule has 0 spiro atoms. The van der Waals surface area contributed by atoms with E-state index in [1.54, 1.807) is 6.07 Å². The average molecular weight is 276 g/mol. The van der Waals surface area contributed by atoms with E-state index < -0.39 is 5.97 Å². The first-order valence-electron chi connectivity index (χ1n) is 6.18. The van der Waals surface area contributed by atoms with E-state index in [1.165, 1.54) is 6.07 Å². The summed E-state index contributed by atoms with van der Waals surface area (Å²) in [5.41, 5.74) is 6.37. The van der Waals surface area contributed by atoms with E-state index in [4.69, 9.17) is 20.0 Å². The molecule has 0 fully saturated rings. The highest BCUT2D eigenvalue weighted by Gasteiger charge is 2.09. The normalized spacial score (nSPS) is 10.2. The Hall–Kier alpha value is -2.47. The van der Waals surface area contributed by atoms with Crippen molar-refractivity contribution >= 4 is 11.7 Å². The fourth-order valence-electron chi connectivity index (χ4n) is 1.61. The molecule has 1 aromatic carbocycles. The van der Waals surface area contributed by atoms with Crippen LogP contribution < -0.4 is 15.8 Å². The van der Waals surface area contributed by atoms with Gasteiger partial charge in [-0.1, -0.05) is 0 Å². The molecule has 106 valence electrons. The van der Waals surface area contributed by atoms with Gasteiger partial charge in [0.25, 0.3) is 0 Å². The Labute approximate surface area is 116 Å². The average Bonchev–Trinajstić information content (AvgIpc) is 2.93. The second kappa shape index (κ2) is 6.63. The number of carboxylic acids is 1. The van der Waals surface area contributed by atoms with Crippen molar-refractivity contribution in [3.8, 4) is 5.75 Å². The Bertz CT molecular complexity index is 563. The van der Waals surface area contributed by atoms with Gasteiger partial charge >= 0.3 is 5.97 Å². The molecule has 2 rings (SSSR count). The van der Waals surface area contributed by atoms with Crippen LogP contribution in [0.25, 0.3) is 0 Å². The molecule has 4 N–H and O–H groups in total. The van der Waals surface area contributed by atoms with Gasteiger partial charge in [-0.05, 0) is 36.4 Å². The Balaban J connectivity index is 1.88. The number of carboxylic acid groups (broad SMARTS) is 1. The van der Waals surface area contributed by atoms with E-state index in [9.17, 15) is 4.79 Å². The Morgan fingerprint density at radius 1 is 1.25 bits per heavy atom. The van der Waals surface area contributed by atoms with Crippen LogP contribution in [-0.2, 0) is 6.61 Å². The lowest BCUT2D eigenvalue weighted by Gasteiger charge is -2.07. The van der Waals surface area contributed by atoms with Crippen LogP contribution in [-0.4, -0.2) is 24.2 Å². The van der Waals surface area contributed by atoms with Crippen LogP contribution in [0.2, 0.25) is 0 Å². The molecule has 1 aromatic heterocycles. The van der Waals surface area contributed by atoms with Crippen molar-refractivity contribution in [3.05, 3.63) is 47.9 Å². The first-order chi connectivity index (χ1) is 9.69. The molecule has 1 heterocycles. The third-order valence-electron chi connectivity index (χ3n) is 2.58. The zero-order valence-electron chi connectivity index (χ0n) is 10.8. The van der Waals surface area contributed by atoms with E-state index >= 15 is 0 Å². The Morgan fingerprint density at radius 3 is 2.60 bits per heavy atom. The number of aromatic carboxylic acids is 1. The lowest BCUT2D eigenvalue weighted by Crippen LogP contribution is -2.12. The molecule has 0 bridgehead atoms. The molecule has 0 aliphatic rings. The summed E-state index contributed by atoms with van der Waals surface area (Å²) in [4.78, 5) is 10.7. The topological polar surface area (TPSA) is 97.7 Å². The SMILES string of the molecule is NCCNc1ccc(OCc2ccc(C(=O)O)o2)cc1. The van der Waals surface area contributed by atoms with Crippen LogP contribution in [0.1, 0.15) is 16.3 Å². The molecular weight excluding hydrogens is 260 g/mol. The number of nitrogens with two attached hydrogens (primary N) is 1. The number of nitrogens with one attached hydrogen (secondary N) is 1. The van der Waals surface area contributed by atoms with E-state index in [2.05, 4.69) is 5.32 Å². The summed E-state index contributed by atoms with van der Waals surface area (Å²) in [5, 5.41) is 11.9. The summed E-state index contributed by atoms with van der Waals surface area (Å²) in [6.07, 6.45) is 0.